The minimum absolute atomic E-state index is 0.00634. The first-order chi connectivity index (χ1) is 17.2. The topological polar surface area (TPSA) is 99.0 Å². The number of thiocarbonyl (C=S) groups is 1. The second kappa shape index (κ2) is 10.5. The summed E-state index contributed by atoms with van der Waals surface area (Å²) in [7, 11) is -2.94. The van der Waals surface area contributed by atoms with Gasteiger partial charge in [0.2, 0.25) is 11.0 Å². The van der Waals surface area contributed by atoms with E-state index in [9.17, 15) is 19.1 Å². The van der Waals surface area contributed by atoms with Crippen LogP contribution in [-0.2, 0) is 31.4 Å². The van der Waals surface area contributed by atoms with E-state index in [1.165, 1.54) is 12.1 Å². The van der Waals surface area contributed by atoms with Gasteiger partial charge in [0.25, 0.3) is 5.69 Å². The molecule has 3 heterocycles. The molecular weight excluding hydrogens is 549 g/mol. The number of nitro benzene ring substituents is 1. The fraction of sp³-hybridized carbons (Fsp3) is 0.600. The van der Waals surface area contributed by atoms with Crippen LogP contribution in [0.4, 0.5) is 5.69 Å². The highest BCUT2D eigenvalue weighted by Crippen LogP contribution is 2.55. The van der Waals surface area contributed by atoms with Gasteiger partial charge < -0.3 is 9.16 Å². The molecule has 5 atom stereocenters. The van der Waals surface area contributed by atoms with Crippen molar-refractivity contribution in [1.82, 2.24) is 4.90 Å². The van der Waals surface area contributed by atoms with Gasteiger partial charge in [0.15, 0.2) is 8.32 Å². The molecule has 1 amide bonds. The maximum Gasteiger partial charge on any atom is 0.269 e. The van der Waals surface area contributed by atoms with E-state index < -0.39 is 24.0 Å². The molecule has 3 aliphatic rings. The van der Waals surface area contributed by atoms with Gasteiger partial charge in [-0.15, -0.1) is 11.8 Å². The van der Waals surface area contributed by atoms with E-state index in [0.717, 1.165) is 16.9 Å². The molecule has 2 saturated heterocycles. The lowest BCUT2D eigenvalue weighted by atomic mass is 9.92. The molecule has 1 aromatic rings. The molecule has 8 nitrogen and oxygen atoms in total. The number of ether oxygens (including phenoxy) is 1. The molecule has 0 saturated carbocycles. The molecule has 0 bridgehead atoms. The maximum atomic E-state index is 13.5. The molecule has 0 radical (unpaired) electrons. The summed E-state index contributed by atoms with van der Waals surface area (Å²) in [5.41, 5.74) is 1.37. The predicted molar refractivity (Wildman–Crippen MR) is 153 cm³/mol. The monoisotopic (exact) mass is 582 g/mol. The number of hydrogen-bond donors (Lipinski definition) is 0. The number of nitrogens with zero attached hydrogens (tertiary/aromatic N) is 2. The van der Waals surface area contributed by atoms with E-state index in [-0.39, 0.29) is 51.6 Å². The Kier molecular flexibility index (Phi) is 8.07. The van der Waals surface area contributed by atoms with Crippen molar-refractivity contribution in [3.8, 4) is 0 Å². The van der Waals surface area contributed by atoms with Crippen molar-refractivity contribution in [2.75, 3.05) is 11.5 Å². The van der Waals surface area contributed by atoms with Gasteiger partial charge >= 0.3 is 0 Å². The first-order valence-electron chi connectivity index (χ1n) is 12.4. The normalized spacial score (nSPS) is 26.6. The standard InChI is InChI=1S/C25H34N2O6S3Si/c1-15(33-37(5,6)25(2,3)4)19-22(28)26-20(21(35-23(19)26)17-11-12-36(31)14-17)24(34)32-13-16-7-9-18(10-8-16)27(29)30/h7-10,15,17,19,23H,11-14H2,1-6H3/t15-,17?,19+,23-,36?/m1/s1. The number of thioether (sulfide) groups is 1. The minimum atomic E-state index is -2.07. The van der Waals surface area contributed by atoms with E-state index in [0.29, 0.717) is 17.2 Å². The first-order valence-corrected chi connectivity index (χ1v) is 18.1. The number of hydrogen-bond acceptors (Lipinski definition) is 8. The molecule has 2 unspecified atom stereocenters. The van der Waals surface area contributed by atoms with Crippen molar-refractivity contribution in [2.45, 2.75) is 70.3 Å². The van der Waals surface area contributed by atoms with Crippen LogP contribution in [-0.4, -0.2) is 56.3 Å². The average Bonchev–Trinajstić information content (AvgIpc) is 3.37. The van der Waals surface area contributed by atoms with Crippen LogP contribution in [0.2, 0.25) is 18.1 Å². The average molecular weight is 583 g/mol. The van der Waals surface area contributed by atoms with Crippen molar-refractivity contribution in [1.29, 1.82) is 0 Å². The number of carbonyl (C=O) groups is 1. The molecule has 0 spiro atoms. The number of nitro groups is 1. The zero-order valence-electron chi connectivity index (χ0n) is 22.0. The van der Waals surface area contributed by atoms with E-state index in [1.807, 2.05) is 6.92 Å². The number of non-ortho nitro benzene ring substituents is 1. The van der Waals surface area contributed by atoms with Crippen LogP contribution >= 0.6 is 24.0 Å². The molecule has 4 rings (SSSR count). The number of β-lactam (4-membered cyclic amide) rings is 1. The van der Waals surface area contributed by atoms with Crippen molar-refractivity contribution in [2.24, 2.45) is 11.8 Å². The third-order valence-electron chi connectivity index (χ3n) is 7.76. The fourth-order valence-corrected chi connectivity index (χ4v) is 9.71. The Morgan fingerprint density at radius 3 is 2.51 bits per heavy atom. The van der Waals surface area contributed by atoms with Gasteiger partial charge in [-0.1, -0.05) is 20.8 Å². The zero-order chi connectivity index (χ0) is 27.3. The minimum Gasteiger partial charge on any atom is -0.477 e. The third kappa shape index (κ3) is 5.59. The van der Waals surface area contributed by atoms with E-state index >= 15 is 0 Å². The number of benzene rings is 1. The lowest BCUT2D eigenvalue weighted by molar-refractivity contribution is -0.384. The lowest BCUT2D eigenvalue weighted by Gasteiger charge is -2.48. The molecule has 12 heteroatoms. The van der Waals surface area contributed by atoms with Crippen LogP contribution < -0.4 is 0 Å². The Labute approximate surface area is 231 Å². The molecule has 1 aromatic carbocycles. The van der Waals surface area contributed by atoms with Crippen LogP contribution in [0.1, 0.15) is 39.7 Å². The highest BCUT2D eigenvalue weighted by atomic mass is 32.2. The van der Waals surface area contributed by atoms with Crippen molar-refractivity contribution >= 4 is 59.7 Å². The highest BCUT2D eigenvalue weighted by Gasteiger charge is 2.59. The van der Waals surface area contributed by atoms with Gasteiger partial charge in [0, 0.05) is 45.3 Å². The maximum absolute atomic E-state index is 13.5. The largest absolute Gasteiger partial charge is 0.477 e. The highest BCUT2D eigenvalue weighted by molar-refractivity contribution is 8.04. The molecule has 37 heavy (non-hydrogen) atoms. The van der Waals surface area contributed by atoms with E-state index in [4.69, 9.17) is 21.4 Å². The predicted octanol–water partition coefficient (Wildman–Crippen LogP) is 5.36. The van der Waals surface area contributed by atoms with Gasteiger partial charge in [-0.05, 0) is 61.4 Å². The Bertz CT molecular complexity index is 1160. The van der Waals surface area contributed by atoms with Gasteiger partial charge in [-0.2, -0.15) is 0 Å². The van der Waals surface area contributed by atoms with Crippen LogP contribution in [0.15, 0.2) is 34.9 Å². The molecule has 2 fully saturated rings. The molecule has 0 N–H and O–H groups in total. The second-order valence-corrected chi connectivity index (χ2v) is 19.2. The molecule has 0 aromatic heterocycles. The van der Waals surface area contributed by atoms with E-state index in [2.05, 4.69) is 33.9 Å². The van der Waals surface area contributed by atoms with Gasteiger partial charge in [-0.3, -0.25) is 24.0 Å². The van der Waals surface area contributed by atoms with Crippen molar-refractivity contribution in [3.05, 3.63) is 50.5 Å². The molecule has 0 aliphatic carbocycles. The summed E-state index contributed by atoms with van der Waals surface area (Å²) in [5, 5.41) is 11.1. The second-order valence-electron chi connectivity index (χ2n) is 11.3. The lowest BCUT2D eigenvalue weighted by Crippen LogP contribution is -2.62. The smallest absolute Gasteiger partial charge is 0.269 e. The third-order valence-corrected chi connectivity index (χ3v) is 15.6. The van der Waals surface area contributed by atoms with Crippen LogP contribution in [0.25, 0.3) is 0 Å². The van der Waals surface area contributed by atoms with Crippen molar-refractivity contribution in [3.63, 3.8) is 0 Å². The summed E-state index contributed by atoms with van der Waals surface area (Å²) in [6, 6.07) is 6.12. The van der Waals surface area contributed by atoms with Gasteiger partial charge in [0.05, 0.1) is 16.9 Å². The fourth-order valence-electron chi connectivity index (χ4n) is 4.59. The van der Waals surface area contributed by atoms with E-state index in [1.54, 1.807) is 28.8 Å². The summed E-state index contributed by atoms with van der Waals surface area (Å²) < 4.78 is 24.7. The van der Waals surface area contributed by atoms with Crippen molar-refractivity contribution < 1.29 is 23.1 Å². The quantitative estimate of drug-likeness (QED) is 0.133. The number of allylic oxidation sites excluding steroid dienone is 1. The zero-order valence-corrected chi connectivity index (χ0v) is 25.5. The first kappa shape index (κ1) is 28.4. The Morgan fingerprint density at radius 2 is 1.97 bits per heavy atom. The summed E-state index contributed by atoms with van der Waals surface area (Å²) in [5.74, 6) is 0.986. The Morgan fingerprint density at radius 1 is 1.32 bits per heavy atom. The number of carbonyl (C=O) groups excluding carboxylic acids is 1. The number of rotatable bonds is 8. The summed E-state index contributed by atoms with van der Waals surface area (Å²) in [4.78, 5) is 26.7. The van der Waals surface area contributed by atoms with Crippen LogP contribution in [0.5, 0.6) is 0 Å². The molecule has 3 aliphatic heterocycles. The Hall–Kier alpha value is -1.60. The number of amides is 1. The SMILES string of the molecule is C[C@@H](O[Si](C)(C)C(C)(C)C)[C@H]1C(=O)N2C(C(=S)OCc3ccc([N+](=O)[O-])cc3)=C(C3CCS(=O)C3)S[C@H]12. The summed E-state index contributed by atoms with van der Waals surface area (Å²) in [6.45, 7) is 13.1. The Balaban J connectivity index is 1.52. The van der Waals surface area contributed by atoms with Gasteiger partial charge in [0.1, 0.15) is 17.7 Å². The summed E-state index contributed by atoms with van der Waals surface area (Å²) >= 11 is 7.32. The summed E-state index contributed by atoms with van der Waals surface area (Å²) in [6.07, 6.45) is 0.564. The van der Waals surface area contributed by atoms with Crippen LogP contribution in [0, 0.1) is 22.0 Å². The van der Waals surface area contributed by atoms with Crippen LogP contribution in [0.3, 0.4) is 0 Å². The molecule has 202 valence electrons. The van der Waals surface area contributed by atoms with Gasteiger partial charge in [-0.25, -0.2) is 0 Å². The number of fused-ring (bicyclic) bond motifs is 1. The molecular formula is C25H34N2O6S3Si.